The van der Waals surface area contributed by atoms with Crippen LogP contribution in [0.15, 0.2) is 18.2 Å². The number of rotatable bonds is 6. The molecule has 4 nitrogen and oxygen atoms in total. The molecule has 1 saturated heterocycles. The highest BCUT2D eigenvalue weighted by Crippen LogP contribution is 2.34. The molecule has 0 radical (unpaired) electrons. The number of carbonyl (C=O) groups is 1. The van der Waals surface area contributed by atoms with Gasteiger partial charge >= 0.3 is 5.97 Å². The van der Waals surface area contributed by atoms with Gasteiger partial charge in [-0.15, -0.1) is 0 Å². The van der Waals surface area contributed by atoms with Crippen LogP contribution in [0.5, 0.6) is 0 Å². The van der Waals surface area contributed by atoms with Crippen molar-refractivity contribution in [2.75, 3.05) is 26.8 Å². The summed E-state index contributed by atoms with van der Waals surface area (Å²) in [6, 6.07) is 4.43. The number of ether oxygens (including phenoxy) is 1. The van der Waals surface area contributed by atoms with Gasteiger partial charge in [0.1, 0.15) is 5.82 Å². The maximum atomic E-state index is 13.4. The number of piperidine rings is 1. The lowest BCUT2D eigenvalue weighted by atomic mass is 9.77. The first-order valence-electron chi connectivity index (χ1n) is 7.35. The van der Waals surface area contributed by atoms with Crippen molar-refractivity contribution in [3.63, 3.8) is 0 Å². The Kier molecular flexibility index (Phi) is 5.78. The molecule has 1 aliphatic heterocycles. The maximum Gasteiger partial charge on any atom is 0.311 e. The summed E-state index contributed by atoms with van der Waals surface area (Å²) < 4.78 is 18.5. The van der Waals surface area contributed by atoms with Crippen molar-refractivity contribution in [3.05, 3.63) is 34.6 Å². The molecule has 1 fully saturated rings. The van der Waals surface area contributed by atoms with Crippen molar-refractivity contribution in [1.29, 1.82) is 0 Å². The van der Waals surface area contributed by atoms with Crippen molar-refractivity contribution in [2.45, 2.75) is 25.8 Å². The maximum absolute atomic E-state index is 13.4. The predicted octanol–water partition coefficient (Wildman–Crippen LogP) is 3.18. The summed E-state index contributed by atoms with van der Waals surface area (Å²) in [6.07, 6.45) is 1.93. The molecule has 1 aromatic carbocycles. The second kappa shape index (κ2) is 7.40. The highest BCUT2D eigenvalue weighted by atomic mass is 35.5. The van der Waals surface area contributed by atoms with Crippen molar-refractivity contribution < 1.29 is 19.0 Å². The summed E-state index contributed by atoms with van der Waals surface area (Å²) in [7, 11) is 1.57. The minimum absolute atomic E-state index is 0.357. The largest absolute Gasteiger partial charge is 0.481 e. The van der Waals surface area contributed by atoms with Crippen LogP contribution in [-0.4, -0.2) is 42.8 Å². The number of aliphatic carboxylic acids is 1. The molecule has 0 aliphatic carbocycles. The molecule has 1 unspecified atom stereocenters. The fourth-order valence-electron chi connectivity index (χ4n) is 3.11. The molecule has 6 heteroatoms. The number of likely N-dealkylation sites (tertiary alicyclic amines) is 1. The van der Waals surface area contributed by atoms with Gasteiger partial charge in [0.05, 0.1) is 5.41 Å². The number of benzene rings is 1. The van der Waals surface area contributed by atoms with Crippen molar-refractivity contribution in [2.24, 2.45) is 5.41 Å². The molecule has 1 N–H and O–H groups in total. The number of hydrogen-bond donors (Lipinski definition) is 1. The third-order valence-corrected chi connectivity index (χ3v) is 4.44. The van der Waals surface area contributed by atoms with E-state index < -0.39 is 11.4 Å². The first-order valence-corrected chi connectivity index (χ1v) is 7.73. The van der Waals surface area contributed by atoms with E-state index in [9.17, 15) is 14.3 Å². The van der Waals surface area contributed by atoms with Gasteiger partial charge in [0.15, 0.2) is 0 Å². The molecular formula is C16H21ClFNO3. The fraction of sp³-hybridized carbons (Fsp3) is 0.562. The molecule has 0 amide bonds. The third kappa shape index (κ3) is 4.18. The van der Waals surface area contributed by atoms with Gasteiger partial charge in [0, 0.05) is 31.8 Å². The van der Waals surface area contributed by atoms with Crippen LogP contribution >= 0.6 is 11.6 Å². The van der Waals surface area contributed by atoms with Gasteiger partial charge in [-0.1, -0.05) is 11.6 Å². The van der Waals surface area contributed by atoms with Gasteiger partial charge in [0.2, 0.25) is 0 Å². The average Bonchev–Trinajstić information content (AvgIpc) is 2.44. The Hall–Kier alpha value is -1.17. The summed E-state index contributed by atoms with van der Waals surface area (Å²) in [5.74, 6) is -1.16. The van der Waals surface area contributed by atoms with E-state index in [2.05, 4.69) is 4.90 Å². The second-order valence-corrected chi connectivity index (χ2v) is 6.36. The van der Waals surface area contributed by atoms with Gasteiger partial charge in [0.25, 0.3) is 0 Å². The van der Waals surface area contributed by atoms with Crippen LogP contribution in [0.25, 0.3) is 0 Å². The smallest absolute Gasteiger partial charge is 0.311 e. The zero-order valence-electron chi connectivity index (χ0n) is 12.6. The molecule has 1 aliphatic rings. The van der Waals surface area contributed by atoms with Crippen LogP contribution in [-0.2, 0) is 16.1 Å². The van der Waals surface area contributed by atoms with E-state index >= 15 is 0 Å². The Bertz CT molecular complexity index is 520. The first kappa shape index (κ1) is 17.2. The van der Waals surface area contributed by atoms with E-state index in [1.807, 2.05) is 0 Å². The van der Waals surface area contributed by atoms with Crippen LogP contribution in [0.2, 0.25) is 5.02 Å². The molecule has 0 saturated carbocycles. The standard InChI is InChI=1S/C16H21ClFNO3/c1-22-6-4-16(15(20)21)3-2-5-19(11-16)10-12-7-13(17)9-14(18)8-12/h7-9H,2-6,10-11H2,1H3,(H,20,21). The van der Waals surface area contributed by atoms with E-state index in [1.54, 1.807) is 13.2 Å². The Morgan fingerprint density at radius 2 is 2.27 bits per heavy atom. The quantitative estimate of drug-likeness (QED) is 0.871. The number of nitrogens with zero attached hydrogens (tertiary/aromatic N) is 1. The van der Waals surface area contributed by atoms with Crippen LogP contribution in [0.1, 0.15) is 24.8 Å². The zero-order chi connectivity index (χ0) is 16.2. The molecule has 22 heavy (non-hydrogen) atoms. The van der Waals surface area contributed by atoms with E-state index in [-0.39, 0.29) is 5.82 Å². The predicted molar refractivity (Wildman–Crippen MR) is 82.5 cm³/mol. The molecule has 2 rings (SSSR count). The Morgan fingerprint density at radius 3 is 2.91 bits per heavy atom. The molecule has 1 heterocycles. The van der Waals surface area contributed by atoms with Gasteiger partial charge in [-0.05, 0) is 49.6 Å². The van der Waals surface area contributed by atoms with Crippen molar-refractivity contribution in [3.8, 4) is 0 Å². The van der Waals surface area contributed by atoms with E-state index in [4.69, 9.17) is 16.3 Å². The first-order chi connectivity index (χ1) is 10.4. The van der Waals surface area contributed by atoms with Gasteiger partial charge in [-0.25, -0.2) is 4.39 Å². The Balaban J connectivity index is 2.10. The summed E-state index contributed by atoms with van der Waals surface area (Å²) in [4.78, 5) is 13.8. The topological polar surface area (TPSA) is 49.8 Å². The molecule has 1 aromatic rings. The van der Waals surface area contributed by atoms with Crippen LogP contribution in [0.3, 0.4) is 0 Å². The lowest BCUT2D eigenvalue weighted by molar-refractivity contribution is -0.154. The zero-order valence-corrected chi connectivity index (χ0v) is 13.4. The highest BCUT2D eigenvalue weighted by molar-refractivity contribution is 6.30. The minimum atomic E-state index is -0.786. The van der Waals surface area contributed by atoms with Crippen LogP contribution in [0, 0.1) is 11.2 Å². The lowest BCUT2D eigenvalue weighted by Crippen LogP contribution is -2.48. The van der Waals surface area contributed by atoms with Crippen LogP contribution < -0.4 is 0 Å². The van der Waals surface area contributed by atoms with E-state index in [1.165, 1.54) is 12.1 Å². The van der Waals surface area contributed by atoms with Gasteiger partial charge in [-0.3, -0.25) is 9.69 Å². The Morgan fingerprint density at radius 1 is 1.50 bits per heavy atom. The number of methoxy groups -OCH3 is 1. The number of carboxylic acid groups (broad SMARTS) is 1. The number of hydrogen-bond acceptors (Lipinski definition) is 3. The van der Waals surface area contributed by atoms with E-state index in [0.29, 0.717) is 37.6 Å². The number of halogens is 2. The third-order valence-electron chi connectivity index (χ3n) is 4.22. The van der Waals surface area contributed by atoms with Gasteiger partial charge in [-0.2, -0.15) is 0 Å². The van der Waals surface area contributed by atoms with E-state index in [0.717, 1.165) is 18.5 Å². The van der Waals surface area contributed by atoms with Crippen molar-refractivity contribution >= 4 is 17.6 Å². The lowest BCUT2D eigenvalue weighted by Gasteiger charge is -2.40. The van der Waals surface area contributed by atoms with Crippen LogP contribution in [0.4, 0.5) is 4.39 Å². The molecule has 0 spiro atoms. The fourth-order valence-corrected chi connectivity index (χ4v) is 3.35. The second-order valence-electron chi connectivity index (χ2n) is 5.92. The van der Waals surface area contributed by atoms with Gasteiger partial charge < -0.3 is 9.84 Å². The summed E-state index contributed by atoms with van der Waals surface area (Å²) in [5.41, 5.74) is -0.0244. The summed E-state index contributed by atoms with van der Waals surface area (Å²) in [6.45, 7) is 2.17. The summed E-state index contributed by atoms with van der Waals surface area (Å²) >= 11 is 5.87. The molecule has 1 atom stereocenters. The molecule has 0 bridgehead atoms. The highest BCUT2D eigenvalue weighted by Gasteiger charge is 2.41. The summed E-state index contributed by atoms with van der Waals surface area (Å²) in [5, 5.41) is 9.98. The minimum Gasteiger partial charge on any atom is -0.481 e. The van der Waals surface area contributed by atoms with Crippen molar-refractivity contribution in [1.82, 2.24) is 4.90 Å². The monoisotopic (exact) mass is 329 g/mol. The Labute approximate surface area is 134 Å². The normalized spacial score (nSPS) is 22.7. The average molecular weight is 330 g/mol. The molecular weight excluding hydrogens is 309 g/mol. The molecule has 122 valence electrons. The number of carboxylic acids is 1. The SMILES string of the molecule is COCCC1(C(=O)O)CCCN(Cc2cc(F)cc(Cl)c2)C1. The molecule has 0 aromatic heterocycles.